The Bertz CT molecular complexity index is 976. The summed E-state index contributed by atoms with van der Waals surface area (Å²) < 4.78 is 0. The number of rotatable bonds is 3. The van der Waals surface area contributed by atoms with Gasteiger partial charge in [0.2, 0.25) is 5.91 Å². The molecule has 0 unspecified atom stereocenters. The quantitative estimate of drug-likeness (QED) is 0.556. The summed E-state index contributed by atoms with van der Waals surface area (Å²) >= 11 is 0. The van der Waals surface area contributed by atoms with Gasteiger partial charge in [0.1, 0.15) is 0 Å². The number of piperidine rings is 2. The predicted octanol–water partition coefficient (Wildman–Crippen LogP) is 2.36. The summed E-state index contributed by atoms with van der Waals surface area (Å²) in [4.78, 5) is 43.9. The molecule has 31 heavy (non-hydrogen) atoms. The molecule has 1 aromatic heterocycles. The van der Waals surface area contributed by atoms with Crippen molar-refractivity contribution in [2.45, 2.75) is 51.0 Å². The molecular weight excluding hydrogens is 398 g/mol. The maximum Gasteiger partial charge on any atom is 0.323 e. The molecule has 0 bridgehead atoms. The van der Waals surface area contributed by atoms with Crippen molar-refractivity contribution in [3.8, 4) is 0 Å². The highest BCUT2D eigenvalue weighted by Crippen LogP contribution is 2.35. The van der Waals surface area contributed by atoms with Crippen LogP contribution >= 0.6 is 0 Å². The van der Waals surface area contributed by atoms with E-state index in [1.165, 1.54) is 12.8 Å². The number of aromatic nitrogens is 2. The summed E-state index contributed by atoms with van der Waals surface area (Å²) in [6, 6.07) is 4.30. The number of anilines is 2. The lowest BCUT2D eigenvalue weighted by atomic mass is 9.83. The van der Waals surface area contributed by atoms with E-state index in [0.717, 1.165) is 80.7 Å². The number of H-pyrrole nitrogens is 2. The van der Waals surface area contributed by atoms with Crippen LogP contribution in [-0.4, -0.2) is 64.6 Å². The lowest BCUT2D eigenvalue weighted by molar-refractivity contribution is -0.124. The van der Waals surface area contributed by atoms with E-state index in [1.807, 2.05) is 12.1 Å². The molecule has 2 atom stereocenters. The van der Waals surface area contributed by atoms with E-state index in [-0.39, 0.29) is 24.0 Å². The molecule has 5 rings (SSSR count). The highest BCUT2D eigenvalue weighted by Gasteiger charge is 2.37. The lowest BCUT2D eigenvalue weighted by Gasteiger charge is -2.43. The maximum atomic E-state index is 13.3. The Morgan fingerprint density at radius 2 is 1.65 bits per heavy atom. The van der Waals surface area contributed by atoms with Gasteiger partial charge in [0.25, 0.3) is 6.47 Å². The number of benzene rings is 1. The number of hydrogen-bond acceptors (Lipinski definition) is 5. The topological polar surface area (TPSA) is 122 Å². The van der Waals surface area contributed by atoms with Gasteiger partial charge in [0.15, 0.2) is 0 Å². The van der Waals surface area contributed by atoms with Gasteiger partial charge in [-0.05, 0) is 63.7 Å². The Hall–Kier alpha value is -2.81. The van der Waals surface area contributed by atoms with Crippen LogP contribution in [0, 0.1) is 5.92 Å². The van der Waals surface area contributed by atoms with E-state index in [2.05, 4.69) is 25.1 Å². The molecule has 0 saturated carbocycles. The average molecular weight is 430 g/mol. The third kappa shape index (κ3) is 4.61. The van der Waals surface area contributed by atoms with Crippen molar-refractivity contribution < 1.29 is 14.7 Å². The smallest absolute Gasteiger partial charge is 0.323 e. The maximum absolute atomic E-state index is 13.3. The molecule has 1 amide bonds. The monoisotopic (exact) mass is 429 g/mol. The summed E-state index contributed by atoms with van der Waals surface area (Å²) in [6.07, 6.45) is 7.99. The van der Waals surface area contributed by atoms with Gasteiger partial charge in [-0.3, -0.25) is 14.5 Å². The van der Waals surface area contributed by atoms with Crippen molar-refractivity contribution >= 4 is 34.8 Å². The number of hydrogen-bond donors (Lipinski definition) is 4. The van der Waals surface area contributed by atoms with E-state index in [9.17, 15) is 9.59 Å². The van der Waals surface area contributed by atoms with Gasteiger partial charge in [0.05, 0.1) is 28.3 Å². The van der Waals surface area contributed by atoms with Crippen LogP contribution in [-0.2, 0) is 9.59 Å². The first kappa shape index (κ1) is 21.4. The number of fused-ring (bicyclic) bond motifs is 2. The highest BCUT2D eigenvalue weighted by molar-refractivity contribution is 5.99. The molecule has 2 aromatic rings. The minimum Gasteiger partial charge on any atom is -0.483 e. The molecule has 3 aliphatic rings. The van der Waals surface area contributed by atoms with Gasteiger partial charge in [-0.2, -0.15) is 0 Å². The predicted molar refractivity (Wildman–Crippen MR) is 120 cm³/mol. The Kier molecular flexibility index (Phi) is 6.60. The van der Waals surface area contributed by atoms with Crippen LogP contribution in [0.2, 0.25) is 0 Å². The second kappa shape index (κ2) is 9.55. The fraction of sp³-hybridized carbons (Fsp3) is 0.591. The third-order valence-corrected chi connectivity index (χ3v) is 6.76. The van der Waals surface area contributed by atoms with Gasteiger partial charge in [-0.15, -0.1) is 0 Å². The molecule has 1 aromatic carbocycles. The van der Waals surface area contributed by atoms with Crippen LogP contribution in [0.25, 0.3) is 11.0 Å². The Balaban J connectivity index is 0.000000730. The SMILES string of the molecule is O=C(Nc1cc2[nH]c(=O)[nH]c2cc1N1CCCC1)[C@@H]1CCCN2CCCC[C@H]12.O=CO. The van der Waals surface area contributed by atoms with Gasteiger partial charge < -0.3 is 25.3 Å². The molecule has 168 valence electrons. The van der Waals surface area contributed by atoms with Gasteiger partial charge in [-0.1, -0.05) is 6.42 Å². The Labute approximate surface area is 180 Å². The standard InChI is InChI=1S/C21H29N5O2.CH2O2/c27-20(14-6-5-11-25-8-2-1-7-18(14)25)22-17-12-15-16(24-21(28)23-15)13-19(17)26-9-3-4-10-26;2-1-3/h12-14,18H,1-11H2,(H,22,27)(H2,23,24,28);1H,(H,2,3)/t14-,18-;/m1./s1. The molecule has 9 heteroatoms. The first-order valence-electron chi connectivity index (χ1n) is 11.2. The molecule has 3 aliphatic heterocycles. The minimum absolute atomic E-state index is 0.0569. The zero-order valence-electron chi connectivity index (χ0n) is 17.7. The van der Waals surface area contributed by atoms with E-state index in [4.69, 9.17) is 9.90 Å². The van der Waals surface area contributed by atoms with Crippen molar-refractivity contribution in [2.24, 2.45) is 5.92 Å². The molecule has 3 saturated heterocycles. The van der Waals surface area contributed by atoms with Crippen molar-refractivity contribution in [1.29, 1.82) is 0 Å². The molecule has 0 aliphatic carbocycles. The molecule has 4 N–H and O–H groups in total. The zero-order chi connectivity index (χ0) is 21.8. The van der Waals surface area contributed by atoms with Gasteiger partial charge in [0, 0.05) is 19.1 Å². The first-order chi connectivity index (χ1) is 15.1. The fourth-order valence-corrected chi connectivity index (χ4v) is 5.38. The number of amides is 1. The fourth-order valence-electron chi connectivity index (χ4n) is 5.38. The average Bonchev–Trinajstić information content (AvgIpc) is 3.42. The van der Waals surface area contributed by atoms with Crippen LogP contribution in [0.5, 0.6) is 0 Å². The van der Waals surface area contributed by atoms with E-state index in [1.54, 1.807) is 0 Å². The summed E-state index contributed by atoms with van der Waals surface area (Å²) in [7, 11) is 0. The number of nitrogens with one attached hydrogen (secondary N) is 3. The van der Waals surface area contributed by atoms with Crippen LogP contribution < -0.4 is 15.9 Å². The number of aromatic amines is 2. The van der Waals surface area contributed by atoms with Crippen LogP contribution in [0.3, 0.4) is 0 Å². The van der Waals surface area contributed by atoms with Crippen LogP contribution in [0.15, 0.2) is 16.9 Å². The second-order valence-electron chi connectivity index (χ2n) is 8.63. The van der Waals surface area contributed by atoms with Crippen molar-refractivity contribution in [3.05, 3.63) is 22.6 Å². The molecule has 0 radical (unpaired) electrons. The van der Waals surface area contributed by atoms with Crippen molar-refractivity contribution in [1.82, 2.24) is 14.9 Å². The van der Waals surface area contributed by atoms with Crippen LogP contribution in [0.1, 0.15) is 44.9 Å². The number of carboxylic acid groups (broad SMARTS) is 1. The summed E-state index contributed by atoms with van der Waals surface area (Å²) in [5.74, 6) is 0.190. The third-order valence-electron chi connectivity index (χ3n) is 6.76. The zero-order valence-corrected chi connectivity index (χ0v) is 17.7. The largest absolute Gasteiger partial charge is 0.483 e. The molecule has 9 nitrogen and oxygen atoms in total. The first-order valence-corrected chi connectivity index (χ1v) is 11.2. The van der Waals surface area contributed by atoms with Gasteiger partial charge >= 0.3 is 5.69 Å². The normalized spacial score (nSPS) is 23.7. The summed E-state index contributed by atoms with van der Waals surface area (Å²) in [5.41, 5.74) is 3.16. The van der Waals surface area contributed by atoms with Crippen LogP contribution in [0.4, 0.5) is 11.4 Å². The number of imidazole rings is 1. The molecule has 4 heterocycles. The number of carbonyl (C=O) groups is 2. The molecule has 0 spiro atoms. The minimum atomic E-state index is -0.250. The molecule has 3 fully saturated rings. The molecular formula is C22H31N5O4. The Morgan fingerprint density at radius 3 is 2.39 bits per heavy atom. The number of nitrogens with zero attached hydrogens (tertiary/aromatic N) is 2. The number of carbonyl (C=O) groups excluding carboxylic acids is 1. The van der Waals surface area contributed by atoms with E-state index < -0.39 is 0 Å². The van der Waals surface area contributed by atoms with Crippen molar-refractivity contribution in [2.75, 3.05) is 36.4 Å². The van der Waals surface area contributed by atoms with Gasteiger partial charge in [-0.25, -0.2) is 4.79 Å². The van der Waals surface area contributed by atoms with E-state index in [0.29, 0.717) is 6.04 Å². The Morgan fingerprint density at radius 1 is 1.00 bits per heavy atom. The highest BCUT2D eigenvalue weighted by atomic mass is 16.3. The summed E-state index contributed by atoms with van der Waals surface area (Å²) in [6.45, 7) is 3.99. The van der Waals surface area contributed by atoms with E-state index >= 15 is 0 Å². The second-order valence-corrected chi connectivity index (χ2v) is 8.63. The summed E-state index contributed by atoms with van der Waals surface area (Å²) in [5, 5.41) is 10.1. The lowest BCUT2D eigenvalue weighted by Crippen LogP contribution is -2.51. The van der Waals surface area contributed by atoms with Crippen molar-refractivity contribution in [3.63, 3.8) is 0 Å².